The number of rotatable bonds is 0. The molecule has 1 heterocycles. The van der Waals surface area contributed by atoms with Gasteiger partial charge in [0.05, 0.1) is 16.9 Å². The monoisotopic (exact) mass is 236 g/mol. The molecule has 0 spiro atoms. The third kappa shape index (κ3) is 1.40. The Hall–Kier alpha value is -1.09. The van der Waals surface area contributed by atoms with Gasteiger partial charge in [-0.15, -0.1) is 0 Å². The Labute approximate surface area is 84.9 Å². The zero-order chi connectivity index (χ0) is 9.42. The molecule has 0 unspecified atom stereocenters. The number of anilines is 1. The maximum absolute atomic E-state index is 5.76. The number of aromatic nitrogens is 1. The third-order valence-electron chi connectivity index (χ3n) is 2.03. The van der Waals surface area contributed by atoms with Crippen molar-refractivity contribution < 1.29 is 0 Å². The van der Waals surface area contributed by atoms with E-state index < -0.39 is 0 Å². The van der Waals surface area contributed by atoms with Crippen LogP contribution in [0.1, 0.15) is 5.69 Å². The molecule has 0 saturated carbocycles. The van der Waals surface area contributed by atoms with E-state index in [1.165, 1.54) is 0 Å². The van der Waals surface area contributed by atoms with Crippen molar-refractivity contribution in [2.75, 3.05) is 5.73 Å². The van der Waals surface area contributed by atoms with Crippen LogP contribution >= 0.6 is 15.9 Å². The average molecular weight is 237 g/mol. The molecule has 1 aromatic heterocycles. The molecule has 0 aliphatic carbocycles. The first-order valence-electron chi connectivity index (χ1n) is 4.00. The molecule has 2 rings (SSSR count). The SMILES string of the molecule is Cc1nc2c(Br)cccc2cc1N. The van der Waals surface area contributed by atoms with Crippen LogP contribution in [0.3, 0.4) is 0 Å². The van der Waals surface area contributed by atoms with Crippen LogP contribution in [-0.4, -0.2) is 4.98 Å². The van der Waals surface area contributed by atoms with Crippen molar-refractivity contribution in [1.82, 2.24) is 4.98 Å². The fraction of sp³-hybridized carbons (Fsp3) is 0.100. The number of benzene rings is 1. The van der Waals surface area contributed by atoms with Crippen LogP contribution in [0.4, 0.5) is 5.69 Å². The lowest BCUT2D eigenvalue weighted by Gasteiger charge is -2.03. The smallest absolute Gasteiger partial charge is 0.0848 e. The molecule has 0 saturated heterocycles. The highest BCUT2D eigenvalue weighted by Crippen LogP contribution is 2.24. The largest absolute Gasteiger partial charge is 0.397 e. The molecule has 0 radical (unpaired) electrons. The summed E-state index contributed by atoms with van der Waals surface area (Å²) in [4.78, 5) is 4.40. The van der Waals surface area contributed by atoms with Gasteiger partial charge in [-0.1, -0.05) is 12.1 Å². The van der Waals surface area contributed by atoms with Crippen LogP contribution in [0.25, 0.3) is 10.9 Å². The second-order valence-electron chi connectivity index (χ2n) is 2.97. The van der Waals surface area contributed by atoms with Gasteiger partial charge in [-0.25, -0.2) is 4.98 Å². The van der Waals surface area contributed by atoms with Gasteiger partial charge in [0, 0.05) is 9.86 Å². The fourth-order valence-electron chi connectivity index (χ4n) is 1.27. The van der Waals surface area contributed by atoms with Gasteiger partial charge in [-0.2, -0.15) is 0 Å². The zero-order valence-corrected chi connectivity index (χ0v) is 8.80. The van der Waals surface area contributed by atoms with Gasteiger partial charge in [0.2, 0.25) is 0 Å². The average Bonchev–Trinajstić information content (AvgIpc) is 2.09. The molecule has 0 atom stereocenters. The molecule has 13 heavy (non-hydrogen) atoms. The van der Waals surface area contributed by atoms with E-state index >= 15 is 0 Å². The predicted octanol–water partition coefficient (Wildman–Crippen LogP) is 2.89. The lowest BCUT2D eigenvalue weighted by Crippen LogP contribution is -1.93. The van der Waals surface area contributed by atoms with Crippen molar-refractivity contribution >= 4 is 32.5 Å². The summed E-state index contributed by atoms with van der Waals surface area (Å²) in [5, 5.41) is 1.07. The number of nitrogens with two attached hydrogens (primary N) is 1. The Morgan fingerprint density at radius 3 is 2.92 bits per heavy atom. The third-order valence-corrected chi connectivity index (χ3v) is 2.67. The normalized spacial score (nSPS) is 10.6. The molecule has 3 heteroatoms. The Balaban J connectivity index is 2.89. The number of fused-ring (bicyclic) bond motifs is 1. The minimum absolute atomic E-state index is 0.741. The van der Waals surface area contributed by atoms with Gasteiger partial charge in [0.1, 0.15) is 0 Å². The molecule has 1 aromatic carbocycles. The Morgan fingerprint density at radius 2 is 2.15 bits per heavy atom. The molecule has 2 N–H and O–H groups in total. The second kappa shape index (κ2) is 3.00. The minimum Gasteiger partial charge on any atom is -0.397 e. The zero-order valence-electron chi connectivity index (χ0n) is 7.21. The van der Waals surface area contributed by atoms with Crippen LogP contribution < -0.4 is 5.73 Å². The summed E-state index contributed by atoms with van der Waals surface area (Å²) in [6.45, 7) is 1.91. The molecule has 66 valence electrons. The highest BCUT2D eigenvalue weighted by molar-refractivity contribution is 9.10. The number of halogens is 1. The number of nitrogens with zero attached hydrogens (tertiary/aromatic N) is 1. The number of aryl methyl sites for hydroxylation is 1. The molecule has 0 fully saturated rings. The van der Waals surface area contributed by atoms with E-state index in [0.717, 1.165) is 26.8 Å². The number of nitrogen functional groups attached to an aromatic ring is 1. The van der Waals surface area contributed by atoms with E-state index in [1.54, 1.807) is 0 Å². The minimum atomic E-state index is 0.741. The number of para-hydroxylation sites is 1. The van der Waals surface area contributed by atoms with Crippen molar-refractivity contribution in [2.24, 2.45) is 0 Å². The Kier molecular flexibility index (Phi) is 1.96. The number of hydrogen-bond acceptors (Lipinski definition) is 2. The summed E-state index contributed by atoms with van der Waals surface area (Å²) in [7, 11) is 0. The molecule has 0 aliphatic rings. The molecular weight excluding hydrogens is 228 g/mol. The van der Waals surface area contributed by atoms with Crippen molar-refractivity contribution in [1.29, 1.82) is 0 Å². The van der Waals surface area contributed by atoms with Crippen LogP contribution in [0.15, 0.2) is 28.7 Å². The molecular formula is C10H9BrN2. The van der Waals surface area contributed by atoms with Gasteiger partial charge in [-0.05, 0) is 35.0 Å². The van der Waals surface area contributed by atoms with Crippen LogP contribution in [0.2, 0.25) is 0 Å². The van der Waals surface area contributed by atoms with Gasteiger partial charge in [-0.3, -0.25) is 0 Å². The Bertz CT molecular complexity index is 466. The molecule has 0 bridgehead atoms. The first kappa shape index (κ1) is 8.51. The number of hydrogen-bond donors (Lipinski definition) is 1. The highest BCUT2D eigenvalue weighted by Gasteiger charge is 2.02. The Morgan fingerprint density at radius 1 is 1.38 bits per heavy atom. The van der Waals surface area contributed by atoms with Crippen molar-refractivity contribution in [3.8, 4) is 0 Å². The van der Waals surface area contributed by atoms with Crippen LogP contribution in [-0.2, 0) is 0 Å². The van der Waals surface area contributed by atoms with Crippen molar-refractivity contribution in [3.05, 3.63) is 34.4 Å². The van der Waals surface area contributed by atoms with Crippen molar-refractivity contribution in [2.45, 2.75) is 6.92 Å². The summed E-state index contributed by atoms with van der Waals surface area (Å²) in [6.07, 6.45) is 0. The standard InChI is InChI=1S/C10H9BrN2/c1-6-9(12)5-7-3-2-4-8(11)10(7)13-6/h2-5H,12H2,1H3. The summed E-state index contributed by atoms with van der Waals surface area (Å²) < 4.78 is 1.01. The summed E-state index contributed by atoms with van der Waals surface area (Å²) in [6, 6.07) is 7.90. The molecule has 0 aliphatic heterocycles. The van der Waals surface area contributed by atoms with Crippen molar-refractivity contribution in [3.63, 3.8) is 0 Å². The van der Waals surface area contributed by atoms with E-state index in [0.29, 0.717) is 0 Å². The van der Waals surface area contributed by atoms with E-state index in [4.69, 9.17) is 5.73 Å². The van der Waals surface area contributed by atoms with Gasteiger partial charge >= 0.3 is 0 Å². The van der Waals surface area contributed by atoms with Crippen LogP contribution in [0.5, 0.6) is 0 Å². The van der Waals surface area contributed by atoms with E-state index in [-0.39, 0.29) is 0 Å². The van der Waals surface area contributed by atoms with Gasteiger partial charge in [0.25, 0.3) is 0 Å². The summed E-state index contributed by atoms with van der Waals surface area (Å²) >= 11 is 3.45. The maximum atomic E-state index is 5.76. The quantitative estimate of drug-likeness (QED) is 0.765. The predicted molar refractivity (Wildman–Crippen MR) is 58.6 cm³/mol. The van der Waals surface area contributed by atoms with E-state index in [2.05, 4.69) is 20.9 Å². The van der Waals surface area contributed by atoms with E-state index in [1.807, 2.05) is 31.2 Å². The fourth-order valence-corrected chi connectivity index (χ4v) is 1.74. The van der Waals surface area contributed by atoms with E-state index in [9.17, 15) is 0 Å². The first-order valence-corrected chi connectivity index (χ1v) is 4.79. The maximum Gasteiger partial charge on any atom is 0.0848 e. The molecule has 2 nitrogen and oxygen atoms in total. The second-order valence-corrected chi connectivity index (χ2v) is 3.83. The topological polar surface area (TPSA) is 38.9 Å². The van der Waals surface area contributed by atoms with Gasteiger partial charge in [0.15, 0.2) is 0 Å². The first-order chi connectivity index (χ1) is 6.18. The molecule has 0 amide bonds. The highest BCUT2D eigenvalue weighted by atomic mass is 79.9. The molecule has 2 aromatic rings. The lowest BCUT2D eigenvalue weighted by molar-refractivity contribution is 1.26. The van der Waals surface area contributed by atoms with Gasteiger partial charge < -0.3 is 5.73 Å². The number of pyridine rings is 1. The summed E-state index contributed by atoms with van der Waals surface area (Å²) in [5.74, 6) is 0. The van der Waals surface area contributed by atoms with Crippen LogP contribution in [0, 0.1) is 6.92 Å². The summed E-state index contributed by atoms with van der Waals surface area (Å²) in [5.41, 5.74) is 8.34. The lowest BCUT2D eigenvalue weighted by atomic mass is 10.2.